The van der Waals surface area contributed by atoms with E-state index >= 15 is 0 Å². The van der Waals surface area contributed by atoms with Crippen molar-refractivity contribution in [2.45, 2.75) is 6.54 Å². The predicted octanol–water partition coefficient (Wildman–Crippen LogP) is 4.73. The standard InChI is InChI=1S/C18H19Cl3N2O3/c1-23(9-11-4-5-13(25-2)8-16(11)26-3)10-17(24)22-18-14(20)6-12(19)7-15(18)21/h4-8H,9-10H2,1-3H3,(H,22,24). The van der Waals surface area contributed by atoms with Crippen LogP contribution in [0.5, 0.6) is 11.5 Å². The molecule has 0 aliphatic carbocycles. The van der Waals surface area contributed by atoms with Crippen molar-refractivity contribution >= 4 is 46.4 Å². The van der Waals surface area contributed by atoms with Crippen LogP contribution in [-0.4, -0.2) is 38.6 Å². The molecule has 2 aromatic carbocycles. The molecule has 8 heteroatoms. The van der Waals surface area contributed by atoms with Crippen LogP contribution in [0.25, 0.3) is 0 Å². The van der Waals surface area contributed by atoms with E-state index in [1.807, 2.05) is 24.1 Å². The van der Waals surface area contributed by atoms with Crippen LogP contribution < -0.4 is 14.8 Å². The van der Waals surface area contributed by atoms with Crippen molar-refractivity contribution in [1.29, 1.82) is 0 Å². The molecule has 0 unspecified atom stereocenters. The Kier molecular flexibility index (Phi) is 7.41. The molecule has 0 saturated heterocycles. The number of benzene rings is 2. The van der Waals surface area contributed by atoms with E-state index < -0.39 is 0 Å². The first kappa shape index (κ1) is 20.6. The minimum absolute atomic E-state index is 0.143. The molecule has 0 saturated carbocycles. The number of nitrogens with zero attached hydrogens (tertiary/aromatic N) is 1. The van der Waals surface area contributed by atoms with Gasteiger partial charge in [0.1, 0.15) is 11.5 Å². The molecule has 5 nitrogen and oxygen atoms in total. The topological polar surface area (TPSA) is 50.8 Å². The number of hydrogen-bond acceptors (Lipinski definition) is 4. The number of nitrogens with one attached hydrogen (secondary N) is 1. The molecule has 0 aliphatic heterocycles. The van der Waals surface area contributed by atoms with Crippen LogP contribution in [0, 0.1) is 0 Å². The molecular weight excluding hydrogens is 399 g/mol. The normalized spacial score (nSPS) is 10.7. The van der Waals surface area contributed by atoms with E-state index in [-0.39, 0.29) is 22.5 Å². The van der Waals surface area contributed by atoms with E-state index in [1.54, 1.807) is 20.3 Å². The third kappa shape index (κ3) is 5.42. The predicted molar refractivity (Wildman–Crippen MR) is 106 cm³/mol. The number of hydrogen-bond donors (Lipinski definition) is 1. The lowest BCUT2D eigenvalue weighted by Gasteiger charge is -2.19. The van der Waals surface area contributed by atoms with Crippen molar-refractivity contribution in [2.75, 3.05) is 33.1 Å². The summed E-state index contributed by atoms with van der Waals surface area (Å²) in [6.45, 7) is 0.660. The van der Waals surface area contributed by atoms with Gasteiger partial charge in [0.2, 0.25) is 5.91 Å². The second kappa shape index (κ2) is 9.33. The highest BCUT2D eigenvalue weighted by molar-refractivity contribution is 6.42. The third-order valence-electron chi connectivity index (χ3n) is 3.62. The number of halogens is 3. The van der Waals surface area contributed by atoms with Gasteiger partial charge in [0.05, 0.1) is 36.5 Å². The Hall–Kier alpha value is -1.66. The number of ether oxygens (including phenoxy) is 2. The molecular formula is C18H19Cl3N2O3. The first-order valence-electron chi connectivity index (χ1n) is 7.68. The molecule has 0 aromatic heterocycles. The fourth-order valence-electron chi connectivity index (χ4n) is 2.41. The monoisotopic (exact) mass is 416 g/mol. The van der Waals surface area contributed by atoms with Crippen molar-refractivity contribution in [2.24, 2.45) is 0 Å². The molecule has 0 fully saturated rings. The van der Waals surface area contributed by atoms with Crippen molar-refractivity contribution in [1.82, 2.24) is 4.90 Å². The van der Waals surface area contributed by atoms with E-state index in [2.05, 4.69) is 5.32 Å². The van der Waals surface area contributed by atoms with Gasteiger partial charge >= 0.3 is 0 Å². The van der Waals surface area contributed by atoms with Crippen molar-refractivity contribution in [3.63, 3.8) is 0 Å². The maximum absolute atomic E-state index is 12.3. The van der Waals surface area contributed by atoms with Gasteiger partial charge in [0.25, 0.3) is 0 Å². The second-order valence-corrected chi connectivity index (χ2v) is 6.89. The summed E-state index contributed by atoms with van der Waals surface area (Å²) in [7, 11) is 5.02. The van der Waals surface area contributed by atoms with Crippen LogP contribution in [0.3, 0.4) is 0 Å². The summed E-state index contributed by atoms with van der Waals surface area (Å²) in [6, 6.07) is 8.60. The zero-order valence-corrected chi connectivity index (χ0v) is 16.9. The van der Waals surface area contributed by atoms with Crippen LogP contribution >= 0.6 is 34.8 Å². The summed E-state index contributed by atoms with van der Waals surface area (Å²) in [6.07, 6.45) is 0. The van der Waals surface area contributed by atoms with Crippen molar-refractivity contribution < 1.29 is 14.3 Å². The number of likely N-dealkylation sites (N-methyl/N-ethyl adjacent to an activating group) is 1. The lowest BCUT2D eigenvalue weighted by molar-refractivity contribution is -0.117. The average Bonchev–Trinajstić information content (AvgIpc) is 2.58. The summed E-state index contributed by atoms with van der Waals surface area (Å²) in [4.78, 5) is 14.1. The molecule has 0 spiro atoms. The number of anilines is 1. The highest BCUT2D eigenvalue weighted by atomic mass is 35.5. The van der Waals surface area contributed by atoms with E-state index in [0.29, 0.717) is 28.8 Å². The Bertz CT molecular complexity index is 776. The highest BCUT2D eigenvalue weighted by Gasteiger charge is 2.14. The molecule has 140 valence electrons. The Labute approximate surface area is 167 Å². The fourth-order valence-corrected chi connectivity index (χ4v) is 3.33. The van der Waals surface area contributed by atoms with E-state index in [0.717, 1.165) is 5.56 Å². The smallest absolute Gasteiger partial charge is 0.238 e. The Morgan fingerprint density at radius 3 is 2.31 bits per heavy atom. The lowest BCUT2D eigenvalue weighted by Crippen LogP contribution is -2.30. The first-order valence-corrected chi connectivity index (χ1v) is 8.81. The summed E-state index contributed by atoms with van der Waals surface area (Å²) in [5, 5.41) is 3.69. The first-order chi connectivity index (χ1) is 12.3. The largest absolute Gasteiger partial charge is 0.497 e. The van der Waals surface area contributed by atoms with E-state index in [1.165, 1.54) is 12.1 Å². The SMILES string of the molecule is COc1ccc(CN(C)CC(=O)Nc2c(Cl)cc(Cl)cc2Cl)c(OC)c1. The van der Waals surface area contributed by atoms with Gasteiger partial charge in [-0.15, -0.1) is 0 Å². The average molecular weight is 418 g/mol. The number of rotatable bonds is 7. The van der Waals surface area contributed by atoms with Crippen molar-refractivity contribution in [3.05, 3.63) is 51.0 Å². The van der Waals surface area contributed by atoms with Crippen LogP contribution in [0.1, 0.15) is 5.56 Å². The lowest BCUT2D eigenvalue weighted by atomic mass is 10.2. The quantitative estimate of drug-likeness (QED) is 0.707. The fraction of sp³-hybridized carbons (Fsp3) is 0.278. The van der Waals surface area contributed by atoms with Gasteiger partial charge in [-0.1, -0.05) is 40.9 Å². The Balaban J connectivity index is 2.02. The van der Waals surface area contributed by atoms with Gasteiger partial charge in [-0.25, -0.2) is 0 Å². The third-order valence-corrected chi connectivity index (χ3v) is 4.43. The molecule has 2 rings (SSSR count). The minimum Gasteiger partial charge on any atom is -0.497 e. The van der Waals surface area contributed by atoms with E-state index in [9.17, 15) is 4.79 Å². The molecule has 0 aliphatic rings. The number of carbonyl (C=O) groups excluding carboxylic acids is 1. The zero-order chi connectivity index (χ0) is 19.3. The molecule has 2 aromatic rings. The number of carbonyl (C=O) groups is 1. The van der Waals surface area contributed by atoms with Crippen LogP contribution in [-0.2, 0) is 11.3 Å². The maximum atomic E-state index is 12.3. The van der Waals surface area contributed by atoms with Gasteiger partial charge in [-0.2, -0.15) is 0 Å². The summed E-state index contributed by atoms with van der Waals surface area (Å²) < 4.78 is 10.6. The Morgan fingerprint density at radius 1 is 1.08 bits per heavy atom. The Morgan fingerprint density at radius 2 is 1.73 bits per heavy atom. The molecule has 0 bridgehead atoms. The van der Waals surface area contributed by atoms with Crippen LogP contribution in [0.15, 0.2) is 30.3 Å². The minimum atomic E-state index is -0.244. The van der Waals surface area contributed by atoms with Gasteiger partial charge in [-0.05, 0) is 25.2 Å². The highest BCUT2D eigenvalue weighted by Crippen LogP contribution is 2.33. The summed E-state index contributed by atoms with van der Waals surface area (Å²) in [5.74, 6) is 1.16. The molecule has 1 N–H and O–H groups in total. The maximum Gasteiger partial charge on any atom is 0.238 e. The molecule has 0 radical (unpaired) electrons. The summed E-state index contributed by atoms with van der Waals surface area (Å²) >= 11 is 18.0. The van der Waals surface area contributed by atoms with E-state index in [4.69, 9.17) is 44.3 Å². The van der Waals surface area contributed by atoms with Crippen LogP contribution in [0.2, 0.25) is 15.1 Å². The molecule has 1 amide bonds. The van der Waals surface area contributed by atoms with Gasteiger partial charge in [-0.3, -0.25) is 9.69 Å². The number of amides is 1. The molecule has 0 heterocycles. The second-order valence-electron chi connectivity index (χ2n) is 5.64. The number of methoxy groups -OCH3 is 2. The zero-order valence-electron chi connectivity index (χ0n) is 14.6. The van der Waals surface area contributed by atoms with Gasteiger partial charge < -0.3 is 14.8 Å². The van der Waals surface area contributed by atoms with Gasteiger partial charge in [0.15, 0.2) is 0 Å². The van der Waals surface area contributed by atoms with Crippen molar-refractivity contribution in [3.8, 4) is 11.5 Å². The van der Waals surface area contributed by atoms with Gasteiger partial charge in [0, 0.05) is 23.2 Å². The molecule has 0 atom stereocenters. The van der Waals surface area contributed by atoms with Crippen LogP contribution in [0.4, 0.5) is 5.69 Å². The summed E-state index contributed by atoms with van der Waals surface area (Å²) in [5.41, 5.74) is 1.28. The molecule has 26 heavy (non-hydrogen) atoms.